The zero-order chi connectivity index (χ0) is 15.5. The fourth-order valence-electron chi connectivity index (χ4n) is 3.05. The van der Waals surface area contributed by atoms with Crippen LogP contribution in [0.25, 0.3) is 10.2 Å². The van der Waals surface area contributed by atoms with Gasteiger partial charge in [-0.2, -0.15) is 0 Å². The molecule has 2 aromatic heterocycles. The molecule has 0 radical (unpaired) electrons. The van der Waals surface area contributed by atoms with Crippen LogP contribution in [-0.4, -0.2) is 36.0 Å². The average Bonchev–Trinajstić information content (AvgIpc) is 2.89. The highest BCUT2D eigenvalue weighted by atomic mass is 32.1. The van der Waals surface area contributed by atoms with E-state index in [4.69, 9.17) is 0 Å². The molecule has 3 rings (SSSR count). The van der Waals surface area contributed by atoms with Crippen molar-refractivity contribution in [3.05, 3.63) is 16.8 Å². The van der Waals surface area contributed by atoms with Crippen LogP contribution < -0.4 is 10.2 Å². The minimum absolute atomic E-state index is 0.0268. The Hall–Kier alpha value is -1.69. The summed E-state index contributed by atoms with van der Waals surface area (Å²) in [5.41, 5.74) is 1.47. The summed E-state index contributed by atoms with van der Waals surface area (Å²) in [5.74, 6) is 1.06. The average molecular weight is 318 g/mol. The molecule has 0 atom stereocenters. The Morgan fingerprint density at radius 2 is 2.18 bits per heavy atom. The maximum absolute atomic E-state index is 10.9. The van der Waals surface area contributed by atoms with Crippen LogP contribution in [0, 0.1) is 0 Å². The molecule has 6 heteroatoms. The van der Waals surface area contributed by atoms with Gasteiger partial charge in [0.2, 0.25) is 5.91 Å². The second kappa shape index (κ2) is 6.60. The van der Waals surface area contributed by atoms with Gasteiger partial charge in [0.1, 0.15) is 17.0 Å². The first-order valence-corrected chi connectivity index (χ1v) is 8.69. The topological polar surface area (TPSA) is 58.1 Å². The number of anilines is 1. The molecule has 0 spiro atoms. The minimum Gasteiger partial charge on any atom is -0.359 e. The van der Waals surface area contributed by atoms with Crippen LogP contribution in [0.1, 0.15) is 36.6 Å². The van der Waals surface area contributed by atoms with E-state index >= 15 is 0 Å². The number of amides is 1. The van der Waals surface area contributed by atoms with Gasteiger partial charge in [0.05, 0.1) is 5.39 Å². The SMILES string of the molecule is CC(=O)NCCCN(C)c1ncnc2sc3c(c12)CCCC3. The van der Waals surface area contributed by atoms with Gasteiger partial charge in [0.15, 0.2) is 0 Å². The van der Waals surface area contributed by atoms with E-state index in [9.17, 15) is 4.79 Å². The van der Waals surface area contributed by atoms with Gasteiger partial charge in [0.25, 0.3) is 0 Å². The molecule has 0 unspecified atom stereocenters. The molecule has 1 aliphatic rings. The molecule has 1 aliphatic carbocycles. The number of aromatic nitrogens is 2. The van der Waals surface area contributed by atoms with Gasteiger partial charge in [-0.25, -0.2) is 9.97 Å². The first kappa shape index (κ1) is 15.2. The van der Waals surface area contributed by atoms with Crippen molar-refractivity contribution in [2.75, 3.05) is 25.0 Å². The molecule has 118 valence electrons. The molecular weight excluding hydrogens is 296 g/mol. The number of nitrogens with one attached hydrogen (secondary N) is 1. The van der Waals surface area contributed by atoms with Gasteiger partial charge in [-0.05, 0) is 37.7 Å². The summed E-state index contributed by atoms with van der Waals surface area (Å²) < 4.78 is 0. The normalized spacial score (nSPS) is 13.9. The van der Waals surface area contributed by atoms with Crippen LogP contribution in [0.15, 0.2) is 6.33 Å². The van der Waals surface area contributed by atoms with Crippen molar-refractivity contribution < 1.29 is 4.79 Å². The van der Waals surface area contributed by atoms with Crippen molar-refractivity contribution in [1.29, 1.82) is 0 Å². The van der Waals surface area contributed by atoms with Crippen LogP contribution >= 0.6 is 11.3 Å². The van der Waals surface area contributed by atoms with E-state index in [1.165, 1.54) is 35.1 Å². The Kier molecular flexibility index (Phi) is 4.57. The van der Waals surface area contributed by atoms with Crippen molar-refractivity contribution in [2.45, 2.75) is 39.0 Å². The molecule has 0 aromatic carbocycles. The molecule has 1 amide bonds. The summed E-state index contributed by atoms with van der Waals surface area (Å²) in [4.78, 5) is 24.7. The van der Waals surface area contributed by atoms with E-state index in [1.807, 2.05) is 11.3 Å². The van der Waals surface area contributed by atoms with Gasteiger partial charge < -0.3 is 10.2 Å². The number of fused-ring (bicyclic) bond motifs is 3. The minimum atomic E-state index is 0.0268. The maximum Gasteiger partial charge on any atom is 0.216 e. The first-order valence-electron chi connectivity index (χ1n) is 7.87. The Morgan fingerprint density at radius 1 is 1.36 bits per heavy atom. The largest absolute Gasteiger partial charge is 0.359 e. The van der Waals surface area contributed by atoms with E-state index in [0.717, 1.165) is 30.0 Å². The predicted molar refractivity (Wildman–Crippen MR) is 90.6 cm³/mol. The Labute approximate surface area is 134 Å². The number of nitrogens with zero attached hydrogens (tertiary/aromatic N) is 3. The number of thiophene rings is 1. The van der Waals surface area contributed by atoms with E-state index in [2.05, 4.69) is 27.2 Å². The highest BCUT2D eigenvalue weighted by Crippen LogP contribution is 2.38. The third-order valence-corrected chi connectivity index (χ3v) is 5.34. The lowest BCUT2D eigenvalue weighted by atomic mass is 9.97. The van der Waals surface area contributed by atoms with Gasteiger partial charge >= 0.3 is 0 Å². The third kappa shape index (κ3) is 3.06. The number of hydrogen-bond donors (Lipinski definition) is 1. The smallest absolute Gasteiger partial charge is 0.216 e. The van der Waals surface area contributed by atoms with Crippen LogP contribution in [0.3, 0.4) is 0 Å². The summed E-state index contributed by atoms with van der Waals surface area (Å²) >= 11 is 1.83. The van der Waals surface area contributed by atoms with Gasteiger partial charge in [-0.15, -0.1) is 11.3 Å². The van der Waals surface area contributed by atoms with E-state index in [-0.39, 0.29) is 5.91 Å². The standard InChI is InChI=1S/C16H22N4OS/c1-11(21)17-8-5-9-20(2)15-14-12-6-3-4-7-13(12)22-16(14)19-10-18-15/h10H,3-9H2,1-2H3,(H,17,21). The molecule has 5 nitrogen and oxygen atoms in total. The van der Waals surface area contributed by atoms with Crippen molar-refractivity contribution in [3.63, 3.8) is 0 Å². The third-order valence-electron chi connectivity index (χ3n) is 4.14. The highest BCUT2D eigenvalue weighted by Gasteiger charge is 2.21. The van der Waals surface area contributed by atoms with Crippen LogP contribution in [-0.2, 0) is 17.6 Å². The number of aryl methyl sites for hydroxylation is 2. The lowest BCUT2D eigenvalue weighted by Gasteiger charge is -2.20. The summed E-state index contributed by atoms with van der Waals surface area (Å²) in [7, 11) is 2.07. The van der Waals surface area contributed by atoms with Crippen LogP contribution in [0.4, 0.5) is 5.82 Å². The molecule has 0 fully saturated rings. The van der Waals surface area contributed by atoms with Gasteiger partial charge in [-0.3, -0.25) is 4.79 Å². The zero-order valence-electron chi connectivity index (χ0n) is 13.2. The maximum atomic E-state index is 10.9. The molecule has 2 heterocycles. The molecule has 0 saturated heterocycles. The molecule has 1 N–H and O–H groups in total. The molecule has 0 saturated carbocycles. The summed E-state index contributed by atoms with van der Waals surface area (Å²) in [6, 6.07) is 0. The van der Waals surface area contributed by atoms with Crippen molar-refractivity contribution in [1.82, 2.24) is 15.3 Å². The second-order valence-electron chi connectivity index (χ2n) is 5.85. The van der Waals surface area contributed by atoms with Crippen molar-refractivity contribution in [3.8, 4) is 0 Å². The van der Waals surface area contributed by atoms with E-state index in [1.54, 1.807) is 13.3 Å². The lowest BCUT2D eigenvalue weighted by molar-refractivity contribution is -0.118. The highest BCUT2D eigenvalue weighted by molar-refractivity contribution is 7.19. The lowest BCUT2D eigenvalue weighted by Crippen LogP contribution is -2.27. The Balaban J connectivity index is 1.80. The van der Waals surface area contributed by atoms with Crippen molar-refractivity contribution >= 4 is 33.3 Å². The molecule has 0 bridgehead atoms. The fraction of sp³-hybridized carbons (Fsp3) is 0.562. The first-order chi connectivity index (χ1) is 10.7. The Morgan fingerprint density at radius 3 is 3.00 bits per heavy atom. The van der Waals surface area contributed by atoms with Gasteiger partial charge in [-0.1, -0.05) is 0 Å². The monoisotopic (exact) mass is 318 g/mol. The Bertz CT molecular complexity index is 682. The summed E-state index contributed by atoms with van der Waals surface area (Å²) in [6.45, 7) is 3.13. The molecule has 22 heavy (non-hydrogen) atoms. The van der Waals surface area contributed by atoms with Crippen LogP contribution in [0.2, 0.25) is 0 Å². The second-order valence-corrected chi connectivity index (χ2v) is 6.93. The van der Waals surface area contributed by atoms with Crippen LogP contribution in [0.5, 0.6) is 0 Å². The van der Waals surface area contributed by atoms with Crippen molar-refractivity contribution in [2.24, 2.45) is 0 Å². The fourth-order valence-corrected chi connectivity index (χ4v) is 4.27. The number of hydrogen-bond acceptors (Lipinski definition) is 5. The molecule has 2 aromatic rings. The molecule has 0 aliphatic heterocycles. The van der Waals surface area contributed by atoms with Gasteiger partial charge in [0, 0.05) is 31.9 Å². The quantitative estimate of drug-likeness (QED) is 0.861. The molecular formula is C16H22N4OS. The summed E-state index contributed by atoms with van der Waals surface area (Å²) in [5, 5.41) is 4.09. The predicted octanol–water partition coefficient (Wildman–Crippen LogP) is 2.53. The number of carbonyl (C=O) groups is 1. The zero-order valence-corrected chi connectivity index (χ0v) is 14.0. The number of rotatable bonds is 5. The number of carbonyl (C=O) groups excluding carboxylic acids is 1. The van der Waals surface area contributed by atoms with E-state index in [0.29, 0.717) is 6.54 Å². The summed E-state index contributed by atoms with van der Waals surface area (Å²) in [6.07, 6.45) is 7.46. The van der Waals surface area contributed by atoms with E-state index < -0.39 is 0 Å².